The van der Waals surface area contributed by atoms with E-state index in [1.54, 1.807) is 0 Å². The quantitative estimate of drug-likeness (QED) is 0.338. The van der Waals surface area contributed by atoms with Gasteiger partial charge >= 0.3 is 0 Å². The largest absolute Gasteiger partial charge is 0.371 e. The Morgan fingerprint density at radius 1 is 1.50 bits per heavy atom. The predicted molar refractivity (Wildman–Crippen MR) is 52.9 cm³/mol. The smallest absolute Gasteiger partial charge is 0.234 e. The van der Waals surface area contributed by atoms with Crippen molar-refractivity contribution in [2.24, 2.45) is 4.99 Å². The van der Waals surface area contributed by atoms with Crippen LogP contribution in [-0.4, -0.2) is 31.1 Å². The first-order valence-corrected chi connectivity index (χ1v) is 4.94. The first-order chi connectivity index (χ1) is 6.76. The van der Waals surface area contributed by atoms with Crippen molar-refractivity contribution in [2.75, 3.05) is 13.2 Å². The number of Topliss-reactive ketones (excluding diaryl/α,β-unsaturated/α-hetero) is 1. The lowest BCUT2D eigenvalue weighted by molar-refractivity contribution is -0.130. The Balaban J connectivity index is 3.74. The Hall–Kier alpha value is -0.990. The van der Waals surface area contributed by atoms with Crippen molar-refractivity contribution in [3.05, 3.63) is 0 Å². The molecule has 0 aliphatic heterocycles. The van der Waals surface area contributed by atoms with Crippen LogP contribution in [0.2, 0.25) is 0 Å². The van der Waals surface area contributed by atoms with Gasteiger partial charge in [-0.2, -0.15) is 0 Å². The van der Waals surface area contributed by atoms with Gasteiger partial charge in [0.2, 0.25) is 6.08 Å². The highest BCUT2D eigenvalue weighted by Crippen LogP contribution is 2.04. The second kappa shape index (κ2) is 8.60. The second-order valence-electron chi connectivity index (χ2n) is 2.90. The average Bonchev–Trinajstić information content (AvgIpc) is 2.20. The summed E-state index contributed by atoms with van der Waals surface area (Å²) in [6, 6.07) is 0. The molecular weight excluding hydrogens is 182 g/mol. The van der Waals surface area contributed by atoms with Gasteiger partial charge in [0.05, 0.1) is 6.54 Å². The van der Waals surface area contributed by atoms with Crippen molar-refractivity contribution in [3.8, 4) is 0 Å². The molecule has 0 aromatic carbocycles. The molecule has 1 unspecified atom stereocenters. The van der Waals surface area contributed by atoms with E-state index in [0.29, 0.717) is 32.4 Å². The number of aliphatic imine (C=N–C) groups is 1. The van der Waals surface area contributed by atoms with Crippen LogP contribution in [0.1, 0.15) is 33.1 Å². The van der Waals surface area contributed by atoms with E-state index in [2.05, 4.69) is 4.99 Å². The SMILES string of the molecule is CCOC(CC)C(=O)CCCN=C=O. The van der Waals surface area contributed by atoms with Crippen molar-refractivity contribution in [2.45, 2.75) is 39.2 Å². The van der Waals surface area contributed by atoms with Gasteiger partial charge in [0.15, 0.2) is 5.78 Å². The summed E-state index contributed by atoms with van der Waals surface area (Å²) in [5.41, 5.74) is 0. The third-order valence-electron chi connectivity index (χ3n) is 1.86. The van der Waals surface area contributed by atoms with Crippen molar-refractivity contribution in [1.29, 1.82) is 0 Å². The highest BCUT2D eigenvalue weighted by atomic mass is 16.5. The van der Waals surface area contributed by atoms with Gasteiger partial charge in [-0.25, -0.2) is 9.79 Å². The van der Waals surface area contributed by atoms with Crippen LogP contribution in [-0.2, 0) is 14.3 Å². The summed E-state index contributed by atoms with van der Waals surface area (Å²) in [4.78, 5) is 24.6. The maximum atomic E-state index is 11.5. The standard InChI is InChI=1S/C10H17NO3/c1-3-10(14-4-2)9(13)6-5-7-11-8-12/h10H,3-7H2,1-2H3. The van der Waals surface area contributed by atoms with E-state index in [4.69, 9.17) is 4.74 Å². The molecule has 80 valence electrons. The molecule has 0 amide bonds. The third kappa shape index (κ3) is 5.62. The maximum absolute atomic E-state index is 11.5. The molecule has 0 rings (SSSR count). The summed E-state index contributed by atoms with van der Waals surface area (Å²) in [5, 5.41) is 0. The van der Waals surface area contributed by atoms with Crippen molar-refractivity contribution in [3.63, 3.8) is 0 Å². The topological polar surface area (TPSA) is 55.7 Å². The van der Waals surface area contributed by atoms with Crippen molar-refractivity contribution in [1.82, 2.24) is 0 Å². The number of isocyanates is 1. The fourth-order valence-electron chi connectivity index (χ4n) is 1.18. The Morgan fingerprint density at radius 3 is 2.71 bits per heavy atom. The zero-order valence-electron chi connectivity index (χ0n) is 8.78. The van der Waals surface area contributed by atoms with E-state index in [1.165, 1.54) is 6.08 Å². The van der Waals surface area contributed by atoms with Gasteiger partial charge in [0.25, 0.3) is 0 Å². The molecule has 0 aromatic rings. The van der Waals surface area contributed by atoms with Crippen molar-refractivity contribution >= 4 is 11.9 Å². The Labute approximate surface area is 84.4 Å². The molecule has 0 saturated heterocycles. The maximum Gasteiger partial charge on any atom is 0.234 e. The van der Waals surface area contributed by atoms with Crippen LogP contribution in [0.25, 0.3) is 0 Å². The molecule has 0 radical (unpaired) electrons. The fraction of sp³-hybridized carbons (Fsp3) is 0.800. The molecule has 0 aliphatic carbocycles. The summed E-state index contributed by atoms with van der Waals surface area (Å²) < 4.78 is 5.25. The van der Waals surface area contributed by atoms with Gasteiger partial charge in [-0.3, -0.25) is 4.79 Å². The number of carbonyl (C=O) groups is 1. The van der Waals surface area contributed by atoms with Crippen LogP contribution in [0.4, 0.5) is 0 Å². The lowest BCUT2D eigenvalue weighted by Crippen LogP contribution is -2.23. The fourth-order valence-corrected chi connectivity index (χ4v) is 1.18. The molecular formula is C10H17NO3. The Morgan fingerprint density at radius 2 is 2.21 bits per heavy atom. The summed E-state index contributed by atoms with van der Waals surface area (Å²) in [7, 11) is 0. The highest BCUT2D eigenvalue weighted by Gasteiger charge is 2.15. The number of hydrogen-bond acceptors (Lipinski definition) is 4. The molecule has 0 fully saturated rings. The number of ketones is 1. The van der Waals surface area contributed by atoms with Gasteiger partial charge < -0.3 is 4.74 Å². The Bertz CT molecular complexity index is 209. The molecule has 0 aliphatic rings. The van der Waals surface area contributed by atoms with Crippen molar-refractivity contribution < 1.29 is 14.3 Å². The van der Waals surface area contributed by atoms with Gasteiger partial charge in [0, 0.05) is 13.0 Å². The second-order valence-corrected chi connectivity index (χ2v) is 2.90. The first kappa shape index (κ1) is 13.0. The third-order valence-corrected chi connectivity index (χ3v) is 1.86. The lowest BCUT2D eigenvalue weighted by Gasteiger charge is -2.12. The number of nitrogens with zero attached hydrogens (tertiary/aromatic N) is 1. The number of hydrogen-bond donors (Lipinski definition) is 0. The van der Waals surface area contributed by atoms with Crippen LogP contribution in [0.5, 0.6) is 0 Å². The zero-order valence-corrected chi connectivity index (χ0v) is 8.78. The molecule has 0 saturated carbocycles. The molecule has 4 nitrogen and oxygen atoms in total. The van der Waals surface area contributed by atoms with E-state index in [0.717, 1.165) is 0 Å². The van der Waals surface area contributed by atoms with Crippen LogP contribution < -0.4 is 0 Å². The van der Waals surface area contributed by atoms with Crippen LogP contribution in [0.3, 0.4) is 0 Å². The number of ether oxygens (including phenoxy) is 1. The molecule has 0 spiro atoms. The van der Waals surface area contributed by atoms with Gasteiger partial charge in [0.1, 0.15) is 6.10 Å². The molecule has 0 aromatic heterocycles. The first-order valence-electron chi connectivity index (χ1n) is 4.94. The van der Waals surface area contributed by atoms with Crippen LogP contribution in [0, 0.1) is 0 Å². The molecule has 0 bridgehead atoms. The summed E-state index contributed by atoms with van der Waals surface area (Å²) >= 11 is 0. The van der Waals surface area contributed by atoms with Gasteiger partial charge in [-0.05, 0) is 19.8 Å². The normalized spacial score (nSPS) is 11.9. The summed E-state index contributed by atoms with van der Waals surface area (Å²) in [6.07, 6.45) is 2.86. The van der Waals surface area contributed by atoms with Gasteiger partial charge in [-0.1, -0.05) is 6.92 Å². The van der Waals surface area contributed by atoms with E-state index in [9.17, 15) is 9.59 Å². The summed E-state index contributed by atoms with van der Waals surface area (Å²) in [5.74, 6) is 0.0930. The monoisotopic (exact) mass is 199 g/mol. The minimum absolute atomic E-state index is 0.0930. The van der Waals surface area contributed by atoms with Gasteiger partial charge in [-0.15, -0.1) is 0 Å². The van der Waals surface area contributed by atoms with Crippen LogP contribution >= 0.6 is 0 Å². The van der Waals surface area contributed by atoms with E-state index in [-0.39, 0.29) is 11.9 Å². The zero-order chi connectivity index (χ0) is 10.8. The lowest BCUT2D eigenvalue weighted by atomic mass is 10.1. The minimum atomic E-state index is -0.291. The predicted octanol–water partition coefficient (Wildman–Crippen LogP) is 1.49. The van der Waals surface area contributed by atoms with E-state index >= 15 is 0 Å². The Kier molecular flexibility index (Phi) is 7.99. The highest BCUT2D eigenvalue weighted by molar-refractivity contribution is 5.82. The number of carbonyl (C=O) groups excluding carboxylic acids is 2. The molecule has 1 atom stereocenters. The average molecular weight is 199 g/mol. The molecule has 0 heterocycles. The molecule has 14 heavy (non-hydrogen) atoms. The minimum Gasteiger partial charge on any atom is -0.371 e. The molecule has 0 N–H and O–H groups in total. The van der Waals surface area contributed by atoms with E-state index in [1.807, 2.05) is 13.8 Å². The summed E-state index contributed by atoms with van der Waals surface area (Å²) in [6.45, 7) is 4.71. The number of rotatable bonds is 8. The van der Waals surface area contributed by atoms with E-state index < -0.39 is 0 Å². The molecule has 4 heteroatoms. The van der Waals surface area contributed by atoms with Crippen LogP contribution in [0.15, 0.2) is 4.99 Å².